The second-order valence-electron chi connectivity index (χ2n) is 6.87. The van der Waals surface area contributed by atoms with E-state index < -0.39 is 5.97 Å². The zero-order valence-corrected chi connectivity index (χ0v) is 16.8. The third kappa shape index (κ3) is 6.89. The summed E-state index contributed by atoms with van der Waals surface area (Å²) in [7, 11) is 1.44. The number of nitrogens with one attached hydrogen (secondary N) is 2. The number of aliphatic hydroxyl groups is 1. The van der Waals surface area contributed by atoms with E-state index in [1.54, 1.807) is 12.1 Å². The monoisotopic (exact) mass is 400 g/mol. The molecule has 1 amide bonds. The van der Waals surface area contributed by atoms with Crippen molar-refractivity contribution in [2.45, 2.75) is 32.4 Å². The molecule has 0 aliphatic carbocycles. The number of rotatable bonds is 11. The van der Waals surface area contributed by atoms with Crippen molar-refractivity contribution >= 4 is 11.9 Å². The van der Waals surface area contributed by atoms with Gasteiger partial charge in [-0.3, -0.25) is 4.79 Å². The first-order valence-electron chi connectivity index (χ1n) is 9.52. The number of hydrogen-bond acceptors (Lipinski definition) is 5. The number of methoxy groups -OCH3 is 1. The molecule has 7 nitrogen and oxygen atoms in total. The van der Waals surface area contributed by atoms with Crippen LogP contribution in [0, 0.1) is 0 Å². The van der Waals surface area contributed by atoms with E-state index in [1.807, 2.05) is 31.2 Å². The highest BCUT2D eigenvalue weighted by Gasteiger charge is 2.17. The number of carbonyl (C=O) groups is 2. The Labute approximate surface area is 170 Å². The highest BCUT2D eigenvalue weighted by molar-refractivity contribution is 5.91. The maximum atomic E-state index is 12.4. The lowest BCUT2D eigenvalue weighted by Gasteiger charge is -2.17. The first-order valence-corrected chi connectivity index (χ1v) is 9.52. The molecule has 0 aliphatic rings. The molecule has 1 atom stereocenters. The highest BCUT2D eigenvalue weighted by Crippen LogP contribution is 2.25. The van der Waals surface area contributed by atoms with Gasteiger partial charge < -0.3 is 25.6 Å². The molecule has 2 aromatic rings. The summed E-state index contributed by atoms with van der Waals surface area (Å²) in [5.74, 6) is -0.820. The lowest BCUT2D eigenvalue weighted by atomic mass is 10.0. The van der Waals surface area contributed by atoms with Crippen LogP contribution >= 0.6 is 0 Å². The van der Waals surface area contributed by atoms with Crippen LogP contribution in [-0.2, 0) is 24.2 Å². The average molecular weight is 400 g/mol. The van der Waals surface area contributed by atoms with E-state index in [9.17, 15) is 14.7 Å². The molecule has 0 saturated carbocycles. The van der Waals surface area contributed by atoms with Gasteiger partial charge in [0.25, 0.3) is 0 Å². The maximum Gasteiger partial charge on any atom is 0.339 e. The Morgan fingerprint density at radius 1 is 1.10 bits per heavy atom. The molecular formula is C22H28N2O5. The van der Waals surface area contributed by atoms with Crippen molar-refractivity contribution in [3.05, 3.63) is 64.7 Å². The Morgan fingerprint density at radius 2 is 1.79 bits per heavy atom. The third-order valence-electron chi connectivity index (χ3n) is 4.47. The van der Waals surface area contributed by atoms with Gasteiger partial charge in [0.15, 0.2) is 0 Å². The standard InChI is InChI=1S/C22H28N2O5/c1-15(12-18-4-3-5-19(22(27)28)21(18)29-2)24-20(26)13-16-6-8-17(9-7-16)14-23-10-11-25/h3-9,15,23,25H,10-14H2,1-2H3,(H,24,26)(H,27,28)/t15-/m1/s1. The van der Waals surface area contributed by atoms with E-state index in [0.717, 1.165) is 16.7 Å². The SMILES string of the molecule is COc1c(C[C@@H](C)NC(=O)Cc2ccc(CNCCO)cc2)cccc1C(=O)O. The van der Waals surface area contributed by atoms with Gasteiger partial charge in [-0.15, -0.1) is 0 Å². The summed E-state index contributed by atoms with van der Waals surface area (Å²) in [5.41, 5.74) is 2.84. The fourth-order valence-electron chi connectivity index (χ4n) is 3.13. The van der Waals surface area contributed by atoms with Gasteiger partial charge in [-0.05, 0) is 36.1 Å². The van der Waals surface area contributed by atoms with Crippen molar-refractivity contribution in [2.24, 2.45) is 0 Å². The molecule has 29 heavy (non-hydrogen) atoms. The van der Waals surface area contributed by atoms with Crippen LogP contribution in [0.3, 0.4) is 0 Å². The number of carboxylic acids is 1. The molecular weight excluding hydrogens is 372 g/mol. The van der Waals surface area contributed by atoms with E-state index in [4.69, 9.17) is 9.84 Å². The summed E-state index contributed by atoms with van der Waals surface area (Å²) in [6, 6.07) is 12.5. The summed E-state index contributed by atoms with van der Waals surface area (Å²) in [6.07, 6.45) is 0.729. The van der Waals surface area contributed by atoms with E-state index in [1.165, 1.54) is 13.2 Å². The molecule has 0 saturated heterocycles. The van der Waals surface area contributed by atoms with Crippen LogP contribution in [0.4, 0.5) is 0 Å². The molecule has 0 spiro atoms. The van der Waals surface area contributed by atoms with E-state index in [-0.39, 0.29) is 30.5 Å². The van der Waals surface area contributed by atoms with Crippen molar-refractivity contribution in [3.8, 4) is 5.75 Å². The minimum absolute atomic E-state index is 0.1000. The van der Waals surface area contributed by atoms with E-state index in [2.05, 4.69) is 10.6 Å². The number of carboxylic acid groups (broad SMARTS) is 1. The molecule has 156 valence electrons. The number of carbonyl (C=O) groups excluding carboxylic acids is 1. The van der Waals surface area contributed by atoms with Gasteiger partial charge in [0.05, 0.1) is 20.1 Å². The second-order valence-corrected chi connectivity index (χ2v) is 6.87. The zero-order chi connectivity index (χ0) is 21.2. The molecule has 0 bridgehead atoms. The van der Waals surface area contributed by atoms with Crippen molar-refractivity contribution in [1.82, 2.24) is 10.6 Å². The van der Waals surface area contributed by atoms with Gasteiger partial charge in [-0.1, -0.05) is 36.4 Å². The zero-order valence-electron chi connectivity index (χ0n) is 16.8. The Morgan fingerprint density at radius 3 is 2.41 bits per heavy atom. The summed E-state index contributed by atoms with van der Waals surface area (Å²) < 4.78 is 5.27. The topological polar surface area (TPSA) is 108 Å². The van der Waals surface area contributed by atoms with Crippen molar-refractivity contribution < 1.29 is 24.5 Å². The molecule has 0 aromatic heterocycles. The number of benzene rings is 2. The molecule has 0 heterocycles. The van der Waals surface area contributed by atoms with Crippen molar-refractivity contribution in [2.75, 3.05) is 20.3 Å². The fourth-order valence-corrected chi connectivity index (χ4v) is 3.13. The van der Waals surface area contributed by atoms with Crippen LogP contribution in [0.2, 0.25) is 0 Å². The molecule has 0 radical (unpaired) electrons. The number of ether oxygens (including phenoxy) is 1. The van der Waals surface area contributed by atoms with Crippen LogP contribution in [0.15, 0.2) is 42.5 Å². The van der Waals surface area contributed by atoms with Crippen LogP contribution < -0.4 is 15.4 Å². The van der Waals surface area contributed by atoms with Crippen molar-refractivity contribution in [3.63, 3.8) is 0 Å². The first-order chi connectivity index (χ1) is 13.9. The highest BCUT2D eigenvalue weighted by atomic mass is 16.5. The fraction of sp³-hybridized carbons (Fsp3) is 0.364. The van der Waals surface area contributed by atoms with Crippen LogP contribution in [-0.4, -0.2) is 48.4 Å². The largest absolute Gasteiger partial charge is 0.496 e. The number of para-hydroxylation sites is 1. The molecule has 0 fully saturated rings. The third-order valence-corrected chi connectivity index (χ3v) is 4.47. The summed E-state index contributed by atoms with van der Waals surface area (Å²) >= 11 is 0. The first kappa shape index (κ1) is 22.4. The predicted octanol–water partition coefficient (Wildman–Crippen LogP) is 1.77. The van der Waals surface area contributed by atoms with Gasteiger partial charge >= 0.3 is 5.97 Å². The molecule has 4 N–H and O–H groups in total. The summed E-state index contributed by atoms with van der Waals surface area (Å²) in [4.78, 5) is 23.7. The van der Waals surface area contributed by atoms with Crippen LogP contribution in [0.5, 0.6) is 5.75 Å². The minimum Gasteiger partial charge on any atom is -0.496 e. The molecule has 2 aromatic carbocycles. The van der Waals surface area contributed by atoms with Gasteiger partial charge in [0.2, 0.25) is 5.91 Å². The van der Waals surface area contributed by atoms with Crippen molar-refractivity contribution in [1.29, 1.82) is 0 Å². The molecule has 7 heteroatoms. The summed E-state index contributed by atoms with van der Waals surface area (Å²) in [6.45, 7) is 3.19. The molecule has 0 aliphatic heterocycles. The number of aliphatic hydroxyl groups excluding tert-OH is 1. The van der Waals surface area contributed by atoms with Gasteiger partial charge in [0, 0.05) is 19.1 Å². The second kappa shape index (κ2) is 11.2. The van der Waals surface area contributed by atoms with Crippen LogP contribution in [0.1, 0.15) is 34.0 Å². The van der Waals surface area contributed by atoms with Gasteiger partial charge in [-0.25, -0.2) is 4.79 Å². The normalized spacial score (nSPS) is 11.7. The van der Waals surface area contributed by atoms with E-state index >= 15 is 0 Å². The van der Waals surface area contributed by atoms with Crippen LogP contribution in [0.25, 0.3) is 0 Å². The van der Waals surface area contributed by atoms with E-state index in [0.29, 0.717) is 25.3 Å². The Bertz CT molecular complexity index is 820. The smallest absolute Gasteiger partial charge is 0.339 e. The average Bonchev–Trinajstić information content (AvgIpc) is 2.69. The Balaban J connectivity index is 1.91. The Kier molecular flexibility index (Phi) is 8.64. The summed E-state index contributed by atoms with van der Waals surface area (Å²) in [5, 5.41) is 24.1. The predicted molar refractivity (Wildman–Crippen MR) is 110 cm³/mol. The lowest BCUT2D eigenvalue weighted by Crippen LogP contribution is -2.35. The molecule has 2 rings (SSSR count). The Hall–Kier alpha value is -2.90. The minimum atomic E-state index is -1.05. The number of aromatic carboxylic acids is 1. The number of amides is 1. The quantitative estimate of drug-likeness (QED) is 0.428. The molecule has 0 unspecified atom stereocenters. The maximum absolute atomic E-state index is 12.4. The number of hydrogen-bond donors (Lipinski definition) is 4. The van der Waals surface area contributed by atoms with Gasteiger partial charge in [0.1, 0.15) is 11.3 Å². The van der Waals surface area contributed by atoms with Gasteiger partial charge in [-0.2, -0.15) is 0 Å². The lowest BCUT2D eigenvalue weighted by molar-refractivity contribution is -0.121.